The maximum absolute atomic E-state index is 12.8. The fourth-order valence-corrected chi connectivity index (χ4v) is 2.76. The van der Waals surface area contributed by atoms with Crippen molar-refractivity contribution in [3.05, 3.63) is 35.5 Å². The van der Waals surface area contributed by atoms with Gasteiger partial charge in [0.15, 0.2) is 11.6 Å². The normalized spacial score (nSPS) is 16.5. The molecule has 2 aromatic rings. The molecule has 0 saturated carbocycles. The van der Waals surface area contributed by atoms with Crippen LogP contribution in [-0.4, -0.2) is 28.3 Å². The second-order valence-electron chi connectivity index (χ2n) is 5.51. The Bertz CT molecular complexity index is 858. The molecule has 1 N–H and O–H groups in total. The van der Waals surface area contributed by atoms with E-state index in [2.05, 4.69) is 10.4 Å². The third-order valence-electron chi connectivity index (χ3n) is 3.87. The van der Waals surface area contributed by atoms with Gasteiger partial charge < -0.3 is 10.1 Å². The molecule has 1 aromatic carbocycles. The average Bonchev–Trinajstić information content (AvgIpc) is 3.06. The minimum Gasteiger partial charge on any atom is -0.465 e. The van der Waals surface area contributed by atoms with Crippen molar-refractivity contribution < 1.29 is 27.5 Å². The number of hydrogen-bond acceptors (Lipinski definition) is 4. The van der Waals surface area contributed by atoms with Gasteiger partial charge >= 0.3 is 12.1 Å². The summed E-state index contributed by atoms with van der Waals surface area (Å²) >= 11 is 0. The molecule has 2 heterocycles. The molecule has 1 aliphatic heterocycles. The zero-order valence-electron chi connectivity index (χ0n) is 13.3. The van der Waals surface area contributed by atoms with Crippen molar-refractivity contribution in [1.29, 1.82) is 0 Å². The molecule has 3 rings (SSSR count). The summed E-state index contributed by atoms with van der Waals surface area (Å²) < 4.78 is 44.5. The van der Waals surface area contributed by atoms with Gasteiger partial charge in [0.05, 0.1) is 12.3 Å². The lowest BCUT2D eigenvalue weighted by Crippen LogP contribution is -2.22. The molecule has 0 bridgehead atoms. The van der Waals surface area contributed by atoms with Crippen molar-refractivity contribution in [2.45, 2.75) is 19.0 Å². The largest absolute Gasteiger partial charge is 0.465 e. The molecule has 9 heteroatoms. The number of amides is 1. The number of halogens is 3. The molecule has 132 valence electrons. The molecule has 1 unspecified atom stereocenters. The summed E-state index contributed by atoms with van der Waals surface area (Å²) in [6.45, 7) is 1.74. The van der Waals surface area contributed by atoms with Crippen molar-refractivity contribution >= 4 is 17.6 Å². The number of nitrogens with one attached hydrogen (secondary N) is 1. The highest BCUT2D eigenvalue weighted by Crippen LogP contribution is 2.37. The van der Waals surface area contributed by atoms with Crippen LogP contribution in [-0.2, 0) is 27.5 Å². The number of benzene rings is 1. The van der Waals surface area contributed by atoms with Crippen LogP contribution in [0.3, 0.4) is 0 Å². The smallest absolute Gasteiger partial charge is 0.435 e. The third kappa shape index (κ3) is 2.97. The van der Waals surface area contributed by atoms with Crippen LogP contribution in [0.5, 0.6) is 0 Å². The van der Waals surface area contributed by atoms with E-state index in [1.807, 2.05) is 0 Å². The van der Waals surface area contributed by atoms with Gasteiger partial charge in [0.2, 0.25) is 5.91 Å². The molecule has 0 spiro atoms. The zero-order valence-corrected chi connectivity index (χ0v) is 13.3. The lowest BCUT2D eigenvalue weighted by Gasteiger charge is -2.09. The van der Waals surface area contributed by atoms with Gasteiger partial charge in [-0.05, 0) is 30.7 Å². The highest BCUT2D eigenvalue weighted by molar-refractivity contribution is 6.15. The van der Waals surface area contributed by atoms with Crippen LogP contribution in [0, 0.1) is 0 Å². The second-order valence-corrected chi connectivity index (χ2v) is 5.51. The van der Waals surface area contributed by atoms with E-state index in [1.54, 1.807) is 19.1 Å². The molecule has 0 aliphatic carbocycles. The van der Waals surface area contributed by atoms with Crippen molar-refractivity contribution in [3.8, 4) is 11.3 Å². The molecule has 0 radical (unpaired) electrons. The van der Waals surface area contributed by atoms with Crippen molar-refractivity contribution in [3.63, 3.8) is 0 Å². The molecule has 1 atom stereocenters. The predicted octanol–water partition coefficient (Wildman–Crippen LogP) is 2.70. The Morgan fingerprint density at radius 1 is 1.36 bits per heavy atom. The number of rotatable bonds is 3. The van der Waals surface area contributed by atoms with E-state index in [0.29, 0.717) is 16.8 Å². The first-order chi connectivity index (χ1) is 11.7. The van der Waals surface area contributed by atoms with Crippen molar-refractivity contribution in [2.75, 3.05) is 11.9 Å². The van der Waals surface area contributed by atoms with Crippen molar-refractivity contribution in [2.24, 2.45) is 7.05 Å². The van der Waals surface area contributed by atoms with Crippen LogP contribution < -0.4 is 5.32 Å². The topological polar surface area (TPSA) is 73.2 Å². The van der Waals surface area contributed by atoms with E-state index in [-0.39, 0.29) is 12.3 Å². The fourth-order valence-electron chi connectivity index (χ4n) is 2.76. The standard InChI is InChI=1S/C16H14F3N3O3/c1-3-25-15(24)13-9-6-8(4-5-10(9)20-14(13)23)11-7-12(16(17,18)19)21-22(11)2/h4-7,13H,3H2,1-2H3,(H,20,23). The molecule has 1 aromatic heterocycles. The zero-order chi connectivity index (χ0) is 18.4. The van der Waals surface area contributed by atoms with E-state index in [9.17, 15) is 22.8 Å². The van der Waals surface area contributed by atoms with Gasteiger partial charge in [-0.1, -0.05) is 6.07 Å². The van der Waals surface area contributed by atoms with Gasteiger partial charge in [-0.25, -0.2) is 0 Å². The molecule has 1 aliphatic rings. The number of hydrogen-bond donors (Lipinski definition) is 1. The van der Waals surface area contributed by atoms with E-state index < -0.39 is 29.7 Å². The number of ether oxygens (including phenoxy) is 1. The Balaban J connectivity index is 2.04. The van der Waals surface area contributed by atoms with E-state index in [0.717, 1.165) is 10.7 Å². The summed E-state index contributed by atoms with van der Waals surface area (Å²) in [4.78, 5) is 24.0. The predicted molar refractivity (Wildman–Crippen MR) is 81.6 cm³/mol. The third-order valence-corrected chi connectivity index (χ3v) is 3.87. The quantitative estimate of drug-likeness (QED) is 0.680. The Morgan fingerprint density at radius 3 is 2.68 bits per heavy atom. The number of alkyl halides is 3. The number of carbonyl (C=O) groups is 2. The number of carbonyl (C=O) groups excluding carboxylic acids is 2. The fraction of sp³-hybridized carbons (Fsp3) is 0.312. The molecule has 1 amide bonds. The first-order valence-electron chi connectivity index (χ1n) is 7.45. The lowest BCUT2D eigenvalue weighted by atomic mass is 9.97. The van der Waals surface area contributed by atoms with Crippen LogP contribution in [0.25, 0.3) is 11.3 Å². The average molecular weight is 353 g/mol. The number of aromatic nitrogens is 2. The maximum Gasteiger partial charge on any atom is 0.435 e. The summed E-state index contributed by atoms with van der Waals surface area (Å²) in [7, 11) is 1.39. The summed E-state index contributed by atoms with van der Waals surface area (Å²) in [6.07, 6.45) is -4.56. The molecular weight excluding hydrogens is 339 g/mol. The molecule has 6 nitrogen and oxygen atoms in total. The van der Waals surface area contributed by atoms with Gasteiger partial charge in [0.1, 0.15) is 0 Å². The summed E-state index contributed by atoms with van der Waals surface area (Å²) in [6, 6.07) is 5.53. The van der Waals surface area contributed by atoms with Gasteiger partial charge in [-0.15, -0.1) is 0 Å². The maximum atomic E-state index is 12.8. The first kappa shape index (κ1) is 17.0. The molecular formula is C16H14F3N3O3. The minimum atomic E-state index is -4.56. The lowest BCUT2D eigenvalue weighted by molar-refractivity contribution is -0.147. The van der Waals surface area contributed by atoms with E-state index in [1.165, 1.54) is 13.1 Å². The Morgan fingerprint density at radius 2 is 2.08 bits per heavy atom. The van der Waals surface area contributed by atoms with Crippen LogP contribution in [0.4, 0.5) is 18.9 Å². The Labute approximate surface area is 140 Å². The number of anilines is 1. The van der Waals surface area contributed by atoms with Gasteiger partial charge in [-0.2, -0.15) is 18.3 Å². The van der Waals surface area contributed by atoms with Gasteiger partial charge in [0.25, 0.3) is 0 Å². The molecule has 0 fully saturated rings. The van der Waals surface area contributed by atoms with E-state index in [4.69, 9.17) is 4.74 Å². The first-order valence-corrected chi connectivity index (χ1v) is 7.45. The molecule has 25 heavy (non-hydrogen) atoms. The highest BCUT2D eigenvalue weighted by atomic mass is 19.4. The molecule has 0 saturated heterocycles. The number of esters is 1. The van der Waals surface area contributed by atoms with Gasteiger partial charge in [0, 0.05) is 18.3 Å². The van der Waals surface area contributed by atoms with E-state index >= 15 is 0 Å². The minimum absolute atomic E-state index is 0.119. The number of fused-ring (bicyclic) bond motifs is 1. The Kier molecular flexibility index (Phi) is 4.02. The van der Waals surface area contributed by atoms with Crippen molar-refractivity contribution in [1.82, 2.24) is 9.78 Å². The second kappa shape index (κ2) is 5.91. The Hall–Kier alpha value is -2.84. The van der Waals surface area contributed by atoms with Crippen LogP contribution in [0.2, 0.25) is 0 Å². The SMILES string of the molecule is CCOC(=O)C1C(=O)Nc2ccc(-c3cc(C(F)(F)F)nn3C)cc21. The number of aryl methyl sites for hydroxylation is 1. The van der Waals surface area contributed by atoms with Crippen LogP contribution in [0.15, 0.2) is 24.3 Å². The summed E-state index contributed by atoms with van der Waals surface area (Å²) in [5, 5.41) is 6.04. The summed E-state index contributed by atoms with van der Waals surface area (Å²) in [5.74, 6) is -2.35. The van der Waals surface area contributed by atoms with Crippen LogP contribution in [0.1, 0.15) is 24.1 Å². The number of nitrogens with zero attached hydrogens (tertiary/aromatic N) is 2. The summed E-state index contributed by atoms with van der Waals surface area (Å²) in [5.41, 5.74) is 0.425. The van der Waals surface area contributed by atoms with Gasteiger partial charge in [-0.3, -0.25) is 14.3 Å². The van der Waals surface area contributed by atoms with Crippen LogP contribution >= 0.6 is 0 Å². The highest BCUT2D eigenvalue weighted by Gasteiger charge is 2.38. The monoisotopic (exact) mass is 353 g/mol.